The summed E-state index contributed by atoms with van der Waals surface area (Å²) >= 11 is 0. The van der Waals surface area contributed by atoms with Crippen molar-refractivity contribution in [2.45, 2.75) is 37.4 Å². The lowest BCUT2D eigenvalue weighted by Gasteiger charge is -2.38. The highest BCUT2D eigenvalue weighted by Crippen LogP contribution is 2.19. The van der Waals surface area contributed by atoms with Crippen LogP contribution in [0.5, 0.6) is 0 Å². The molecule has 5 atom stereocenters. The SMILES string of the molecule is CC1O[C@H](CN)C(O)[C@@H](O)C1O. The van der Waals surface area contributed by atoms with Gasteiger partial charge in [0, 0.05) is 6.54 Å². The summed E-state index contributed by atoms with van der Waals surface area (Å²) in [6.07, 6.45) is -4.37. The lowest BCUT2D eigenvalue weighted by Crippen LogP contribution is -2.58. The Balaban J connectivity index is 2.63. The van der Waals surface area contributed by atoms with E-state index in [0.29, 0.717) is 0 Å². The van der Waals surface area contributed by atoms with Gasteiger partial charge in [-0.15, -0.1) is 0 Å². The van der Waals surface area contributed by atoms with Crippen molar-refractivity contribution in [1.82, 2.24) is 0 Å². The van der Waals surface area contributed by atoms with Crippen LogP contribution in [-0.2, 0) is 4.74 Å². The molecular weight excluding hydrogens is 162 g/mol. The Bertz CT molecular complexity index is 150. The standard InChI is InChI=1S/C7H15NO4/c1-3-5(9)7(11)6(10)4(2-8)12-3/h3-7,9-11H,2,8H2,1H3/t3?,4-,5?,6?,7+/m1/s1. The van der Waals surface area contributed by atoms with E-state index in [-0.39, 0.29) is 6.54 Å². The van der Waals surface area contributed by atoms with Gasteiger partial charge in [-0.05, 0) is 6.92 Å². The molecule has 0 aromatic heterocycles. The molecule has 1 aliphatic heterocycles. The highest BCUT2D eigenvalue weighted by Gasteiger charge is 2.40. The van der Waals surface area contributed by atoms with Crippen molar-refractivity contribution in [3.05, 3.63) is 0 Å². The van der Waals surface area contributed by atoms with Gasteiger partial charge < -0.3 is 25.8 Å². The molecule has 1 saturated heterocycles. The summed E-state index contributed by atoms with van der Waals surface area (Å²) in [4.78, 5) is 0. The molecule has 72 valence electrons. The van der Waals surface area contributed by atoms with E-state index in [2.05, 4.69) is 0 Å². The molecule has 5 heteroatoms. The average Bonchev–Trinajstić information content (AvgIpc) is 2.08. The molecule has 0 aliphatic carbocycles. The molecule has 1 fully saturated rings. The number of hydrogen-bond donors (Lipinski definition) is 4. The number of aliphatic hydroxyl groups excluding tert-OH is 3. The van der Waals surface area contributed by atoms with Crippen molar-refractivity contribution in [2.24, 2.45) is 5.73 Å². The summed E-state index contributed by atoms with van der Waals surface area (Å²) in [6.45, 7) is 1.76. The Morgan fingerprint density at radius 1 is 1.17 bits per heavy atom. The van der Waals surface area contributed by atoms with E-state index < -0.39 is 30.5 Å². The van der Waals surface area contributed by atoms with Crippen LogP contribution in [0, 0.1) is 0 Å². The monoisotopic (exact) mass is 177 g/mol. The third-order valence-electron chi connectivity index (χ3n) is 2.18. The van der Waals surface area contributed by atoms with E-state index >= 15 is 0 Å². The van der Waals surface area contributed by atoms with E-state index in [4.69, 9.17) is 10.5 Å². The molecule has 0 bridgehead atoms. The molecular formula is C7H15NO4. The van der Waals surface area contributed by atoms with E-state index in [0.717, 1.165) is 0 Å². The zero-order valence-corrected chi connectivity index (χ0v) is 6.92. The molecule has 12 heavy (non-hydrogen) atoms. The number of rotatable bonds is 1. The third kappa shape index (κ3) is 1.60. The molecule has 5 nitrogen and oxygen atoms in total. The van der Waals surface area contributed by atoms with Gasteiger partial charge >= 0.3 is 0 Å². The van der Waals surface area contributed by atoms with Crippen molar-refractivity contribution in [3.8, 4) is 0 Å². The van der Waals surface area contributed by atoms with Crippen LogP contribution in [0.2, 0.25) is 0 Å². The minimum atomic E-state index is -1.16. The second kappa shape index (κ2) is 3.68. The maximum Gasteiger partial charge on any atom is 0.111 e. The highest BCUT2D eigenvalue weighted by atomic mass is 16.5. The Morgan fingerprint density at radius 3 is 2.25 bits per heavy atom. The second-order valence-electron chi connectivity index (χ2n) is 3.09. The molecule has 1 aliphatic rings. The quantitative estimate of drug-likeness (QED) is 0.365. The molecule has 0 amide bonds. The second-order valence-corrected chi connectivity index (χ2v) is 3.09. The molecule has 0 aromatic carbocycles. The van der Waals surface area contributed by atoms with Crippen LogP contribution in [0.4, 0.5) is 0 Å². The molecule has 0 aromatic rings. The van der Waals surface area contributed by atoms with Crippen LogP contribution in [0.1, 0.15) is 6.92 Å². The third-order valence-corrected chi connectivity index (χ3v) is 2.18. The van der Waals surface area contributed by atoms with Gasteiger partial charge in [0.2, 0.25) is 0 Å². The van der Waals surface area contributed by atoms with Gasteiger partial charge in [0.1, 0.15) is 18.3 Å². The van der Waals surface area contributed by atoms with E-state index in [1.165, 1.54) is 0 Å². The first-order valence-electron chi connectivity index (χ1n) is 3.97. The molecule has 0 radical (unpaired) electrons. The molecule has 3 unspecified atom stereocenters. The van der Waals surface area contributed by atoms with E-state index in [1.807, 2.05) is 0 Å². The van der Waals surface area contributed by atoms with Gasteiger partial charge in [-0.1, -0.05) is 0 Å². The highest BCUT2D eigenvalue weighted by molar-refractivity contribution is 4.90. The maximum absolute atomic E-state index is 9.31. The van der Waals surface area contributed by atoms with Crippen LogP contribution in [0.15, 0.2) is 0 Å². The minimum Gasteiger partial charge on any atom is -0.388 e. The largest absolute Gasteiger partial charge is 0.388 e. The summed E-state index contributed by atoms with van der Waals surface area (Å²) in [5.74, 6) is 0. The number of ether oxygens (including phenoxy) is 1. The fourth-order valence-electron chi connectivity index (χ4n) is 1.33. The molecule has 5 N–H and O–H groups in total. The summed E-state index contributed by atoms with van der Waals surface area (Å²) in [7, 11) is 0. The summed E-state index contributed by atoms with van der Waals surface area (Å²) in [5, 5.41) is 27.8. The fourth-order valence-corrected chi connectivity index (χ4v) is 1.33. The molecule has 1 heterocycles. The Hall–Kier alpha value is -0.200. The average molecular weight is 177 g/mol. The maximum atomic E-state index is 9.31. The van der Waals surface area contributed by atoms with Gasteiger partial charge in [-0.25, -0.2) is 0 Å². The number of nitrogens with two attached hydrogens (primary N) is 1. The lowest BCUT2D eigenvalue weighted by molar-refractivity contribution is -0.213. The molecule has 0 saturated carbocycles. The van der Waals surface area contributed by atoms with Crippen molar-refractivity contribution in [1.29, 1.82) is 0 Å². The van der Waals surface area contributed by atoms with Gasteiger partial charge in [-0.2, -0.15) is 0 Å². The van der Waals surface area contributed by atoms with Crippen molar-refractivity contribution >= 4 is 0 Å². The Labute approximate surface area is 70.8 Å². The first kappa shape index (κ1) is 9.88. The van der Waals surface area contributed by atoms with Crippen LogP contribution in [0.3, 0.4) is 0 Å². The predicted molar refractivity (Wildman–Crippen MR) is 41.4 cm³/mol. The van der Waals surface area contributed by atoms with Crippen LogP contribution in [-0.4, -0.2) is 52.4 Å². The molecule has 0 spiro atoms. The van der Waals surface area contributed by atoms with Crippen molar-refractivity contribution in [3.63, 3.8) is 0 Å². The van der Waals surface area contributed by atoms with Gasteiger partial charge in [0.25, 0.3) is 0 Å². The summed E-state index contributed by atoms with van der Waals surface area (Å²) < 4.78 is 5.15. The van der Waals surface area contributed by atoms with Gasteiger partial charge in [0.15, 0.2) is 0 Å². The van der Waals surface area contributed by atoms with Gasteiger partial charge in [0.05, 0.1) is 12.2 Å². The smallest absolute Gasteiger partial charge is 0.111 e. The topological polar surface area (TPSA) is 95.9 Å². The first-order valence-corrected chi connectivity index (χ1v) is 3.97. The molecule has 1 rings (SSSR count). The van der Waals surface area contributed by atoms with Crippen LogP contribution >= 0.6 is 0 Å². The Morgan fingerprint density at radius 2 is 1.75 bits per heavy atom. The Kier molecular flexibility index (Phi) is 3.03. The zero-order chi connectivity index (χ0) is 9.30. The number of hydrogen-bond acceptors (Lipinski definition) is 5. The first-order chi connectivity index (χ1) is 5.57. The van der Waals surface area contributed by atoms with Crippen molar-refractivity contribution in [2.75, 3.05) is 6.54 Å². The van der Waals surface area contributed by atoms with Crippen molar-refractivity contribution < 1.29 is 20.1 Å². The fraction of sp³-hybridized carbons (Fsp3) is 1.00. The lowest BCUT2D eigenvalue weighted by atomic mass is 9.96. The van der Waals surface area contributed by atoms with Crippen LogP contribution < -0.4 is 5.73 Å². The predicted octanol–water partition coefficient (Wildman–Crippen LogP) is -2.18. The van der Waals surface area contributed by atoms with Crippen LogP contribution in [0.25, 0.3) is 0 Å². The summed E-state index contributed by atoms with van der Waals surface area (Å²) in [6, 6.07) is 0. The van der Waals surface area contributed by atoms with Gasteiger partial charge in [-0.3, -0.25) is 0 Å². The summed E-state index contributed by atoms with van der Waals surface area (Å²) in [5.41, 5.74) is 5.29. The normalized spacial score (nSPS) is 49.2. The zero-order valence-electron chi connectivity index (χ0n) is 6.92. The van der Waals surface area contributed by atoms with E-state index in [1.54, 1.807) is 6.92 Å². The van der Waals surface area contributed by atoms with E-state index in [9.17, 15) is 15.3 Å². The number of aliphatic hydroxyl groups is 3. The minimum absolute atomic E-state index is 0.134.